The van der Waals surface area contributed by atoms with Crippen molar-refractivity contribution in [1.82, 2.24) is 0 Å². The minimum atomic E-state index is -0.758. The van der Waals surface area contributed by atoms with Crippen molar-refractivity contribution >= 4 is 17.7 Å². The topological polar surface area (TPSA) is 50.4 Å². The summed E-state index contributed by atoms with van der Waals surface area (Å²) in [6.45, 7) is 5.45. The molecular weight excluding hydrogens is 212 g/mol. The molecule has 0 amide bonds. The summed E-state index contributed by atoms with van der Waals surface area (Å²) in [5.74, 6) is 1.49. The van der Waals surface area contributed by atoms with Crippen LogP contribution in [0.4, 0.5) is 0 Å². The van der Waals surface area contributed by atoms with Gasteiger partial charge in [-0.1, -0.05) is 0 Å². The van der Waals surface area contributed by atoms with E-state index in [1.807, 2.05) is 13.0 Å². The standard InChI is InChI=1S/C11H16O3S/c1-8-4-5-14-9(8)6-15-7-11(2,3)10(12)13/h4-5H,6-7H2,1-3H3,(H,12,13). The number of carboxylic acids is 1. The van der Waals surface area contributed by atoms with E-state index in [1.54, 1.807) is 31.9 Å². The fourth-order valence-electron chi connectivity index (χ4n) is 1.01. The van der Waals surface area contributed by atoms with Gasteiger partial charge in [-0.2, -0.15) is 11.8 Å². The maximum Gasteiger partial charge on any atom is 0.309 e. The van der Waals surface area contributed by atoms with Crippen molar-refractivity contribution in [2.75, 3.05) is 5.75 Å². The summed E-state index contributed by atoms with van der Waals surface area (Å²) < 4.78 is 5.27. The Morgan fingerprint density at radius 2 is 2.27 bits per heavy atom. The highest BCUT2D eigenvalue weighted by Crippen LogP contribution is 2.25. The summed E-state index contributed by atoms with van der Waals surface area (Å²) in [7, 11) is 0. The third kappa shape index (κ3) is 3.30. The van der Waals surface area contributed by atoms with E-state index in [2.05, 4.69) is 0 Å². The number of hydrogen-bond acceptors (Lipinski definition) is 3. The Labute approximate surface area is 93.9 Å². The molecule has 1 N–H and O–H groups in total. The molecule has 0 aliphatic heterocycles. The van der Waals surface area contributed by atoms with Crippen molar-refractivity contribution in [3.8, 4) is 0 Å². The van der Waals surface area contributed by atoms with Gasteiger partial charge in [0.1, 0.15) is 5.76 Å². The summed E-state index contributed by atoms with van der Waals surface area (Å²) >= 11 is 1.59. The molecule has 0 saturated heterocycles. The SMILES string of the molecule is Cc1ccoc1CSCC(C)(C)C(=O)O. The number of carboxylic acid groups (broad SMARTS) is 1. The lowest BCUT2D eigenvalue weighted by Gasteiger charge is -2.17. The molecule has 0 radical (unpaired) electrons. The Morgan fingerprint density at radius 1 is 1.60 bits per heavy atom. The highest BCUT2D eigenvalue weighted by molar-refractivity contribution is 7.98. The molecule has 0 unspecified atom stereocenters. The number of hydrogen-bond donors (Lipinski definition) is 1. The van der Waals surface area contributed by atoms with Crippen LogP contribution in [0.15, 0.2) is 16.7 Å². The van der Waals surface area contributed by atoms with E-state index >= 15 is 0 Å². The van der Waals surface area contributed by atoms with Crippen LogP contribution >= 0.6 is 11.8 Å². The maximum absolute atomic E-state index is 10.8. The molecule has 1 heterocycles. The fraction of sp³-hybridized carbons (Fsp3) is 0.545. The Balaban J connectivity index is 2.40. The number of furan rings is 1. The second kappa shape index (κ2) is 4.75. The van der Waals surface area contributed by atoms with Crippen LogP contribution in [0, 0.1) is 12.3 Å². The summed E-state index contributed by atoms with van der Waals surface area (Å²) in [5, 5.41) is 8.92. The quantitative estimate of drug-likeness (QED) is 0.841. The maximum atomic E-state index is 10.8. The zero-order valence-electron chi connectivity index (χ0n) is 9.24. The second-order valence-corrected chi connectivity index (χ2v) is 5.19. The first-order chi connectivity index (χ1) is 6.93. The number of rotatable bonds is 5. The lowest BCUT2D eigenvalue weighted by atomic mass is 9.97. The normalized spacial score (nSPS) is 11.7. The van der Waals surface area contributed by atoms with Gasteiger partial charge < -0.3 is 9.52 Å². The molecule has 1 aromatic heterocycles. The van der Waals surface area contributed by atoms with Crippen LogP contribution in [-0.2, 0) is 10.5 Å². The van der Waals surface area contributed by atoms with E-state index in [9.17, 15) is 4.79 Å². The van der Waals surface area contributed by atoms with Crippen molar-refractivity contribution in [1.29, 1.82) is 0 Å². The van der Waals surface area contributed by atoms with Crippen LogP contribution in [-0.4, -0.2) is 16.8 Å². The Hall–Kier alpha value is -0.900. The molecule has 0 spiro atoms. The summed E-state index contributed by atoms with van der Waals surface area (Å²) in [6.07, 6.45) is 1.66. The van der Waals surface area contributed by atoms with Gasteiger partial charge in [-0.25, -0.2) is 0 Å². The molecule has 0 aromatic carbocycles. The third-order valence-corrected chi connectivity index (χ3v) is 3.64. The summed E-state index contributed by atoms with van der Waals surface area (Å²) in [4.78, 5) is 10.8. The lowest BCUT2D eigenvalue weighted by Crippen LogP contribution is -2.26. The van der Waals surface area contributed by atoms with E-state index in [1.165, 1.54) is 0 Å². The predicted molar refractivity (Wildman–Crippen MR) is 61.0 cm³/mol. The Kier molecular flexibility index (Phi) is 3.85. The molecule has 0 atom stereocenters. The zero-order valence-corrected chi connectivity index (χ0v) is 10.1. The highest BCUT2D eigenvalue weighted by Gasteiger charge is 2.26. The average molecular weight is 228 g/mol. The zero-order chi connectivity index (χ0) is 11.5. The fourth-order valence-corrected chi connectivity index (χ4v) is 2.23. The third-order valence-electron chi connectivity index (χ3n) is 2.24. The van der Waals surface area contributed by atoms with Crippen LogP contribution in [0.25, 0.3) is 0 Å². The molecule has 4 heteroatoms. The van der Waals surface area contributed by atoms with Crippen molar-refractivity contribution in [3.63, 3.8) is 0 Å². The van der Waals surface area contributed by atoms with Crippen molar-refractivity contribution in [2.24, 2.45) is 5.41 Å². The molecule has 3 nitrogen and oxygen atoms in total. The van der Waals surface area contributed by atoms with Crippen molar-refractivity contribution in [2.45, 2.75) is 26.5 Å². The molecule has 15 heavy (non-hydrogen) atoms. The second-order valence-electron chi connectivity index (χ2n) is 4.21. The first-order valence-electron chi connectivity index (χ1n) is 4.77. The Morgan fingerprint density at radius 3 is 2.73 bits per heavy atom. The number of aryl methyl sites for hydroxylation is 1. The smallest absolute Gasteiger partial charge is 0.309 e. The van der Waals surface area contributed by atoms with Crippen LogP contribution in [0.1, 0.15) is 25.2 Å². The summed E-state index contributed by atoms with van der Waals surface area (Å²) in [5.41, 5.74) is 0.446. The molecule has 1 aromatic rings. The first kappa shape index (κ1) is 12.2. The van der Waals surface area contributed by atoms with E-state index in [-0.39, 0.29) is 0 Å². The Bertz CT molecular complexity index is 341. The molecule has 84 valence electrons. The largest absolute Gasteiger partial charge is 0.481 e. The number of carbonyl (C=O) groups is 1. The molecule has 0 bridgehead atoms. The van der Waals surface area contributed by atoms with Crippen LogP contribution in [0.5, 0.6) is 0 Å². The lowest BCUT2D eigenvalue weighted by molar-refractivity contribution is -0.145. The molecule has 0 aliphatic carbocycles. The minimum Gasteiger partial charge on any atom is -0.481 e. The molecule has 0 fully saturated rings. The van der Waals surface area contributed by atoms with Gasteiger partial charge in [-0.05, 0) is 32.4 Å². The van der Waals surface area contributed by atoms with E-state index in [4.69, 9.17) is 9.52 Å². The van der Waals surface area contributed by atoms with Crippen LogP contribution < -0.4 is 0 Å². The molecule has 1 rings (SSSR count). The van der Waals surface area contributed by atoms with Gasteiger partial charge in [-0.3, -0.25) is 4.79 Å². The molecular formula is C11H16O3S. The van der Waals surface area contributed by atoms with E-state index in [0.29, 0.717) is 5.75 Å². The number of aliphatic carboxylic acids is 1. The van der Waals surface area contributed by atoms with Crippen molar-refractivity contribution < 1.29 is 14.3 Å². The highest BCUT2D eigenvalue weighted by atomic mass is 32.2. The monoisotopic (exact) mass is 228 g/mol. The summed E-state index contributed by atoms with van der Waals surface area (Å²) in [6, 6.07) is 1.91. The van der Waals surface area contributed by atoms with E-state index in [0.717, 1.165) is 17.1 Å². The predicted octanol–water partition coefficient (Wildman–Crippen LogP) is 2.93. The van der Waals surface area contributed by atoms with E-state index < -0.39 is 11.4 Å². The average Bonchev–Trinajstić information content (AvgIpc) is 2.51. The van der Waals surface area contributed by atoms with Gasteiger partial charge in [0.2, 0.25) is 0 Å². The molecule has 0 aliphatic rings. The minimum absolute atomic E-state index is 0.586. The van der Waals surface area contributed by atoms with Crippen molar-refractivity contribution in [3.05, 3.63) is 23.7 Å². The van der Waals surface area contributed by atoms with Gasteiger partial charge in [0.15, 0.2) is 0 Å². The van der Waals surface area contributed by atoms with Gasteiger partial charge >= 0.3 is 5.97 Å². The van der Waals surface area contributed by atoms with Gasteiger partial charge in [0.25, 0.3) is 0 Å². The molecule has 0 saturated carbocycles. The number of thioether (sulfide) groups is 1. The van der Waals surface area contributed by atoms with Crippen LogP contribution in [0.2, 0.25) is 0 Å². The van der Waals surface area contributed by atoms with Gasteiger partial charge in [0, 0.05) is 5.75 Å². The van der Waals surface area contributed by atoms with Gasteiger partial charge in [0.05, 0.1) is 17.4 Å². The van der Waals surface area contributed by atoms with Crippen LogP contribution in [0.3, 0.4) is 0 Å². The first-order valence-corrected chi connectivity index (χ1v) is 5.93. The van der Waals surface area contributed by atoms with Gasteiger partial charge in [-0.15, -0.1) is 0 Å².